The lowest BCUT2D eigenvalue weighted by molar-refractivity contribution is 0.0714. The Morgan fingerprint density at radius 3 is 2.21 bits per heavy atom. The Bertz CT molecular complexity index is 1430. The number of aromatic nitrogens is 3. The van der Waals surface area contributed by atoms with Crippen LogP contribution in [0.4, 0.5) is 25.1 Å². The van der Waals surface area contributed by atoms with E-state index in [1.807, 2.05) is 6.07 Å². The van der Waals surface area contributed by atoms with Crippen LogP contribution >= 0.6 is 10.2 Å². The molecule has 4 heterocycles. The minimum absolute atomic E-state index is 0.136. The smallest absolute Gasteiger partial charge is 0.310 e. The maximum absolute atomic E-state index is 13.1. The molecule has 2 saturated heterocycles. The predicted octanol–water partition coefficient (Wildman–Crippen LogP) is 6.56. The Morgan fingerprint density at radius 2 is 1.59 bits per heavy atom. The first-order valence-electron chi connectivity index (χ1n) is 13.3. The largest absolute Gasteiger partial charge is 0.398 e. The number of nitrogens with one attached hydrogen (secondary N) is 1. The van der Waals surface area contributed by atoms with E-state index in [0.717, 1.165) is 54.9 Å². The Morgan fingerprint density at radius 1 is 0.923 bits per heavy atom. The number of carbonyl (C=O) groups is 1. The van der Waals surface area contributed by atoms with Crippen LogP contribution in [0.1, 0.15) is 72.1 Å². The number of benzene rings is 1. The minimum atomic E-state index is -9.88. The standard InChI is InChI=1S/C26H31F5N6OS/c27-39(28,29,30,31)19-3-4-21(22(32)15-19)26(38)37-13-6-16(7-14-37)20-5-10-33-25-23(20)34-24(35-25)17-8-11-36(12-9-17)18-1-2-18/h3-5,10,15-18H,1-2,6-9,11-14,32H2,(H,33,34,35). The third-order valence-corrected chi connectivity index (χ3v) is 9.49. The molecular weight excluding hydrogens is 539 g/mol. The molecule has 6 rings (SSSR count). The summed E-state index contributed by atoms with van der Waals surface area (Å²) in [5.41, 5.74) is 7.49. The average Bonchev–Trinajstić information content (AvgIpc) is 3.65. The topological polar surface area (TPSA) is 91.1 Å². The van der Waals surface area contributed by atoms with E-state index in [4.69, 9.17) is 10.7 Å². The van der Waals surface area contributed by atoms with Crippen LogP contribution in [0.25, 0.3) is 11.2 Å². The number of amides is 1. The van der Waals surface area contributed by atoms with Gasteiger partial charge in [0.15, 0.2) is 5.65 Å². The third kappa shape index (κ3) is 5.30. The van der Waals surface area contributed by atoms with Crippen LogP contribution in [-0.2, 0) is 0 Å². The molecule has 1 aromatic carbocycles. The number of likely N-dealkylation sites (tertiary alicyclic amines) is 2. The van der Waals surface area contributed by atoms with Gasteiger partial charge in [0.2, 0.25) is 0 Å². The second-order valence-corrected chi connectivity index (χ2v) is 13.5. The highest BCUT2D eigenvalue weighted by molar-refractivity contribution is 8.45. The number of nitrogens with two attached hydrogens (primary N) is 1. The molecule has 1 amide bonds. The van der Waals surface area contributed by atoms with Gasteiger partial charge >= 0.3 is 10.2 Å². The normalized spacial score (nSPS) is 22.1. The lowest BCUT2D eigenvalue weighted by Gasteiger charge is -2.40. The van der Waals surface area contributed by atoms with E-state index in [0.29, 0.717) is 37.5 Å². The zero-order chi connectivity index (χ0) is 27.6. The van der Waals surface area contributed by atoms with Crippen molar-refractivity contribution in [2.45, 2.75) is 61.3 Å². The predicted molar refractivity (Wildman–Crippen MR) is 141 cm³/mol. The van der Waals surface area contributed by atoms with Crippen molar-refractivity contribution >= 4 is 33.0 Å². The number of hydrogen-bond donors (Lipinski definition) is 2. The van der Waals surface area contributed by atoms with Gasteiger partial charge in [-0.3, -0.25) is 4.79 Å². The van der Waals surface area contributed by atoms with E-state index >= 15 is 0 Å². The molecule has 1 saturated carbocycles. The van der Waals surface area contributed by atoms with Crippen molar-refractivity contribution in [3.8, 4) is 0 Å². The number of H-pyrrole nitrogens is 1. The number of halogens is 5. The number of pyridine rings is 1. The number of hydrogen-bond acceptors (Lipinski definition) is 5. The molecule has 2 aromatic heterocycles. The Kier molecular flexibility index (Phi) is 5.75. The summed E-state index contributed by atoms with van der Waals surface area (Å²) in [5, 5.41) is 0. The molecule has 2 aliphatic heterocycles. The van der Waals surface area contributed by atoms with Crippen molar-refractivity contribution < 1.29 is 24.2 Å². The summed E-state index contributed by atoms with van der Waals surface area (Å²) < 4.78 is 65.6. The number of rotatable bonds is 5. The van der Waals surface area contributed by atoms with E-state index in [2.05, 4.69) is 14.9 Å². The van der Waals surface area contributed by atoms with E-state index in [9.17, 15) is 24.2 Å². The van der Waals surface area contributed by atoms with Gasteiger partial charge in [-0.25, -0.2) is 9.97 Å². The van der Waals surface area contributed by atoms with Crippen LogP contribution in [0.15, 0.2) is 35.4 Å². The summed E-state index contributed by atoms with van der Waals surface area (Å²) in [6.45, 7) is 2.89. The van der Waals surface area contributed by atoms with Crippen molar-refractivity contribution in [1.29, 1.82) is 0 Å². The summed E-state index contributed by atoms with van der Waals surface area (Å²) in [5.74, 6) is 0.911. The van der Waals surface area contributed by atoms with E-state index < -0.39 is 26.7 Å². The van der Waals surface area contributed by atoms with Crippen LogP contribution in [0.5, 0.6) is 0 Å². The molecule has 0 atom stereocenters. The van der Waals surface area contributed by atoms with Crippen LogP contribution in [0.2, 0.25) is 0 Å². The molecule has 39 heavy (non-hydrogen) atoms. The van der Waals surface area contributed by atoms with E-state index in [1.54, 1.807) is 6.20 Å². The first-order valence-corrected chi connectivity index (χ1v) is 15.2. The summed E-state index contributed by atoms with van der Waals surface area (Å²) in [6, 6.07) is 3.87. The zero-order valence-electron chi connectivity index (χ0n) is 21.3. The highest BCUT2D eigenvalue weighted by Gasteiger charge is 2.65. The Balaban J connectivity index is 1.14. The molecule has 212 valence electrons. The minimum Gasteiger partial charge on any atom is -0.398 e. The number of nitrogen functional groups attached to an aromatic ring is 1. The third-order valence-electron chi connectivity index (χ3n) is 8.34. The molecule has 3 fully saturated rings. The van der Waals surface area contributed by atoms with Crippen molar-refractivity contribution in [2.24, 2.45) is 0 Å². The fourth-order valence-electron chi connectivity index (χ4n) is 6.00. The molecule has 1 aliphatic carbocycles. The SMILES string of the molecule is Nc1cc(S(F)(F)(F)(F)F)ccc1C(=O)N1CCC(c2ccnc3nc(C4CCN(C5CC5)CC4)[nH]c23)CC1. The van der Waals surface area contributed by atoms with Gasteiger partial charge in [-0.1, -0.05) is 19.4 Å². The highest BCUT2D eigenvalue weighted by atomic mass is 32.5. The highest BCUT2D eigenvalue weighted by Crippen LogP contribution is 3.02. The van der Waals surface area contributed by atoms with Crippen LogP contribution in [0.3, 0.4) is 0 Å². The zero-order valence-corrected chi connectivity index (χ0v) is 22.1. The van der Waals surface area contributed by atoms with Crippen LogP contribution in [0, 0.1) is 0 Å². The van der Waals surface area contributed by atoms with Gasteiger partial charge in [0.1, 0.15) is 10.7 Å². The van der Waals surface area contributed by atoms with Gasteiger partial charge in [-0.05, 0) is 87.4 Å². The second-order valence-electron chi connectivity index (χ2n) is 11.0. The second kappa shape index (κ2) is 8.53. The molecule has 13 heteroatoms. The maximum Gasteiger partial charge on any atom is 0.310 e. The lowest BCUT2D eigenvalue weighted by Crippen LogP contribution is -2.38. The maximum atomic E-state index is 13.1. The number of fused-ring (bicyclic) bond motifs is 1. The van der Waals surface area contributed by atoms with E-state index in [-0.39, 0.29) is 23.6 Å². The molecule has 0 bridgehead atoms. The van der Waals surface area contributed by atoms with Crippen LogP contribution < -0.4 is 5.73 Å². The quantitative estimate of drug-likeness (QED) is 0.268. The molecule has 3 aromatic rings. The molecule has 0 unspecified atom stereocenters. The lowest BCUT2D eigenvalue weighted by atomic mass is 9.89. The number of anilines is 1. The molecule has 0 spiro atoms. The number of carbonyl (C=O) groups excluding carboxylic acids is 1. The number of imidazole rings is 1. The number of aromatic amines is 1. The average molecular weight is 571 g/mol. The van der Waals surface area contributed by atoms with Crippen molar-refractivity contribution in [2.75, 3.05) is 31.9 Å². The van der Waals surface area contributed by atoms with Gasteiger partial charge in [-0.2, -0.15) is 0 Å². The summed E-state index contributed by atoms with van der Waals surface area (Å²) >= 11 is 0. The van der Waals surface area contributed by atoms with Crippen LogP contribution in [-0.4, -0.2) is 62.9 Å². The monoisotopic (exact) mass is 570 g/mol. The van der Waals surface area contributed by atoms with E-state index in [1.165, 1.54) is 17.7 Å². The Hall–Kier alpha value is -2.93. The molecule has 0 radical (unpaired) electrons. The van der Waals surface area contributed by atoms with Crippen molar-refractivity contribution in [1.82, 2.24) is 24.8 Å². The molecular formula is C26H31F5N6OS. The van der Waals surface area contributed by atoms with Crippen molar-refractivity contribution in [3.63, 3.8) is 0 Å². The first kappa shape index (κ1) is 26.3. The van der Waals surface area contributed by atoms with Gasteiger partial charge in [0, 0.05) is 36.9 Å². The van der Waals surface area contributed by atoms with Gasteiger partial charge in [0.05, 0.1) is 11.1 Å². The summed E-state index contributed by atoms with van der Waals surface area (Å²) in [7, 11) is -9.88. The summed E-state index contributed by atoms with van der Waals surface area (Å²) in [6.07, 6.45) is 7.76. The molecule has 3 N–H and O–H groups in total. The molecule has 3 aliphatic rings. The molecule has 7 nitrogen and oxygen atoms in total. The first-order chi connectivity index (χ1) is 18.3. The van der Waals surface area contributed by atoms with Gasteiger partial charge in [-0.15, -0.1) is 0 Å². The Labute approximate surface area is 222 Å². The van der Waals surface area contributed by atoms with Gasteiger partial charge < -0.3 is 20.5 Å². The fraction of sp³-hybridized carbons (Fsp3) is 0.500. The van der Waals surface area contributed by atoms with Gasteiger partial charge in [0.25, 0.3) is 5.91 Å². The summed E-state index contributed by atoms with van der Waals surface area (Å²) in [4.78, 5) is 27.8. The fourth-order valence-corrected chi connectivity index (χ4v) is 6.67. The number of piperidine rings is 2. The van der Waals surface area contributed by atoms with Crippen molar-refractivity contribution in [3.05, 3.63) is 47.4 Å². The number of nitrogens with zero attached hydrogens (tertiary/aromatic N) is 4.